The molecule has 0 saturated carbocycles. The number of aryl methyl sites for hydroxylation is 1. The molecule has 0 radical (unpaired) electrons. The molecule has 1 aromatic carbocycles. The van der Waals surface area contributed by atoms with Crippen LogP contribution in [0.5, 0.6) is 0 Å². The van der Waals surface area contributed by atoms with E-state index in [1.807, 2.05) is 0 Å². The molecule has 6 nitrogen and oxygen atoms in total. The van der Waals surface area contributed by atoms with Crippen LogP contribution in [-0.2, 0) is 10.9 Å². The number of fused-ring (bicyclic) bond motifs is 1. The molecular weight excluding hydrogens is 407 g/mol. The number of hydrogen-bond donors (Lipinski definition) is 1. The molecule has 29 heavy (non-hydrogen) atoms. The lowest BCUT2D eigenvalue weighted by Crippen LogP contribution is -2.17. The number of carbonyl (C=O) groups is 1. The maximum absolute atomic E-state index is 13.6. The fourth-order valence-electron chi connectivity index (χ4n) is 2.78. The molecule has 2 aromatic heterocycles. The van der Waals surface area contributed by atoms with Gasteiger partial charge in [-0.3, -0.25) is 4.79 Å². The van der Waals surface area contributed by atoms with Gasteiger partial charge < -0.3 is 9.72 Å². The molecule has 0 bridgehead atoms. The van der Waals surface area contributed by atoms with Crippen LogP contribution in [0.25, 0.3) is 11.0 Å². The largest absolute Gasteiger partial charge is 0.465 e. The van der Waals surface area contributed by atoms with Crippen molar-refractivity contribution in [1.29, 1.82) is 0 Å². The van der Waals surface area contributed by atoms with E-state index in [0.717, 1.165) is 11.8 Å². The average Bonchev–Trinajstić information content (AvgIpc) is 2.66. The van der Waals surface area contributed by atoms with Crippen molar-refractivity contribution in [2.24, 2.45) is 0 Å². The van der Waals surface area contributed by atoms with Gasteiger partial charge >= 0.3 is 12.1 Å². The zero-order valence-corrected chi connectivity index (χ0v) is 16.4. The van der Waals surface area contributed by atoms with Gasteiger partial charge in [0.1, 0.15) is 5.82 Å². The van der Waals surface area contributed by atoms with Gasteiger partial charge in [0.2, 0.25) is 0 Å². The van der Waals surface area contributed by atoms with E-state index in [4.69, 9.17) is 0 Å². The molecule has 10 heteroatoms. The van der Waals surface area contributed by atoms with Crippen LogP contribution in [0.4, 0.5) is 13.2 Å². The Balaban J connectivity index is 2.03. The second kappa shape index (κ2) is 7.86. The molecule has 0 fully saturated rings. The van der Waals surface area contributed by atoms with Crippen molar-refractivity contribution in [2.45, 2.75) is 30.2 Å². The molecule has 0 spiro atoms. The van der Waals surface area contributed by atoms with Crippen LogP contribution >= 0.6 is 11.8 Å². The Hall–Kier alpha value is -2.88. The molecule has 0 saturated heterocycles. The van der Waals surface area contributed by atoms with Crippen molar-refractivity contribution in [3.63, 3.8) is 0 Å². The van der Waals surface area contributed by atoms with Crippen LogP contribution in [0.1, 0.15) is 39.6 Å². The van der Waals surface area contributed by atoms with E-state index in [-0.39, 0.29) is 22.4 Å². The highest BCUT2D eigenvalue weighted by molar-refractivity contribution is 7.99. The van der Waals surface area contributed by atoms with Crippen LogP contribution in [0.2, 0.25) is 0 Å². The number of esters is 1. The molecule has 1 atom stereocenters. The predicted octanol–water partition coefficient (Wildman–Crippen LogP) is 4.29. The highest BCUT2D eigenvalue weighted by atomic mass is 32.2. The molecule has 0 aliphatic rings. The summed E-state index contributed by atoms with van der Waals surface area (Å²) in [5.74, 6) is -0.321. The Bertz CT molecular complexity index is 1130. The minimum atomic E-state index is -4.70. The van der Waals surface area contributed by atoms with Gasteiger partial charge in [0.05, 0.1) is 18.1 Å². The topological polar surface area (TPSA) is 84.9 Å². The van der Waals surface area contributed by atoms with Crippen molar-refractivity contribution >= 4 is 28.8 Å². The van der Waals surface area contributed by atoms with Crippen LogP contribution in [-0.4, -0.2) is 28.0 Å². The first-order valence-electron chi connectivity index (χ1n) is 8.44. The maximum Gasteiger partial charge on any atom is 0.433 e. The minimum Gasteiger partial charge on any atom is -0.465 e. The number of aromatic amines is 1. The summed E-state index contributed by atoms with van der Waals surface area (Å²) in [6, 6.07) is 7.49. The Kier molecular flexibility index (Phi) is 5.65. The average molecular weight is 423 g/mol. The van der Waals surface area contributed by atoms with Crippen molar-refractivity contribution in [3.8, 4) is 0 Å². The SMILES string of the molecule is COC(=O)c1ccc(S[C@H](C)c2cc3c(=O)[nH]c(C)nc3nc2C(F)(F)F)cc1. The quantitative estimate of drug-likeness (QED) is 0.498. The Morgan fingerprint density at radius 3 is 2.45 bits per heavy atom. The maximum atomic E-state index is 13.6. The summed E-state index contributed by atoms with van der Waals surface area (Å²) in [5, 5.41) is -0.680. The monoisotopic (exact) mass is 423 g/mol. The third-order valence-corrected chi connectivity index (χ3v) is 5.29. The van der Waals surface area contributed by atoms with Gasteiger partial charge in [0.15, 0.2) is 11.3 Å². The van der Waals surface area contributed by atoms with Crippen molar-refractivity contribution < 1.29 is 22.7 Å². The number of aromatic nitrogens is 3. The second-order valence-corrected chi connectivity index (χ2v) is 7.64. The van der Waals surface area contributed by atoms with Crippen LogP contribution in [0.3, 0.4) is 0 Å². The van der Waals surface area contributed by atoms with Gasteiger partial charge in [-0.1, -0.05) is 0 Å². The molecule has 3 aromatic rings. The molecule has 2 heterocycles. The van der Waals surface area contributed by atoms with Crippen LogP contribution in [0.15, 0.2) is 40.0 Å². The summed E-state index contributed by atoms with van der Waals surface area (Å²) in [6.07, 6.45) is -4.70. The summed E-state index contributed by atoms with van der Waals surface area (Å²) in [4.78, 5) is 34.3. The van der Waals surface area contributed by atoms with E-state index in [9.17, 15) is 22.8 Å². The zero-order chi connectivity index (χ0) is 21.3. The van der Waals surface area contributed by atoms with Crippen molar-refractivity contribution in [1.82, 2.24) is 15.0 Å². The summed E-state index contributed by atoms with van der Waals surface area (Å²) in [7, 11) is 1.26. The first-order valence-corrected chi connectivity index (χ1v) is 9.32. The number of carbonyl (C=O) groups excluding carboxylic acids is 1. The van der Waals surface area contributed by atoms with Crippen LogP contribution < -0.4 is 5.56 Å². The lowest BCUT2D eigenvalue weighted by molar-refractivity contribution is -0.141. The number of nitrogens with zero attached hydrogens (tertiary/aromatic N) is 2. The van der Waals surface area contributed by atoms with Gasteiger partial charge in [-0.2, -0.15) is 13.2 Å². The zero-order valence-electron chi connectivity index (χ0n) is 15.6. The molecule has 0 unspecified atom stereocenters. The van der Waals surface area contributed by atoms with Crippen molar-refractivity contribution in [2.75, 3.05) is 7.11 Å². The number of nitrogens with one attached hydrogen (secondary N) is 1. The third kappa shape index (κ3) is 4.42. The molecule has 3 rings (SSSR count). The fourth-order valence-corrected chi connectivity index (χ4v) is 3.79. The van der Waals surface area contributed by atoms with E-state index < -0.39 is 28.6 Å². The van der Waals surface area contributed by atoms with E-state index in [0.29, 0.717) is 10.5 Å². The number of methoxy groups -OCH3 is 1. The van der Waals surface area contributed by atoms with Gasteiger partial charge in [-0.15, -0.1) is 11.8 Å². The number of H-pyrrole nitrogens is 1. The number of ether oxygens (including phenoxy) is 1. The third-order valence-electron chi connectivity index (χ3n) is 4.14. The van der Waals surface area contributed by atoms with Gasteiger partial charge in [0.25, 0.3) is 5.56 Å². The number of benzene rings is 1. The molecule has 1 N–H and O–H groups in total. The molecule has 0 aliphatic heterocycles. The highest BCUT2D eigenvalue weighted by Gasteiger charge is 2.37. The number of hydrogen-bond acceptors (Lipinski definition) is 6. The second-order valence-electron chi connectivity index (χ2n) is 6.22. The van der Waals surface area contributed by atoms with E-state index in [1.165, 1.54) is 32.2 Å². The first kappa shape index (κ1) is 20.8. The first-order chi connectivity index (χ1) is 13.6. The van der Waals surface area contributed by atoms with Gasteiger partial charge in [-0.25, -0.2) is 14.8 Å². The number of halogens is 3. The number of thioether (sulfide) groups is 1. The Morgan fingerprint density at radius 2 is 1.86 bits per heavy atom. The lowest BCUT2D eigenvalue weighted by atomic mass is 10.1. The number of pyridine rings is 1. The van der Waals surface area contributed by atoms with E-state index in [2.05, 4.69) is 19.7 Å². The summed E-state index contributed by atoms with van der Waals surface area (Å²) in [5.41, 5.74) is -1.66. The predicted molar refractivity (Wildman–Crippen MR) is 102 cm³/mol. The summed E-state index contributed by atoms with van der Waals surface area (Å²) in [6.45, 7) is 3.06. The standard InChI is InChI=1S/C19H16F3N3O3S/c1-9(29-12-6-4-11(5-7-12)18(27)28-3)13-8-14-16(23-10(2)24-17(14)26)25-15(13)19(20,21)22/h4-9H,1-3H3,(H,23,24,25,26)/t9-/m1/s1. The van der Waals surface area contributed by atoms with Gasteiger partial charge in [0, 0.05) is 10.1 Å². The normalized spacial score (nSPS) is 12.8. The summed E-state index contributed by atoms with van der Waals surface area (Å²) < 4.78 is 45.5. The molecule has 0 amide bonds. The molecular formula is C19H16F3N3O3S. The van der Waals surface area contributed by atoms with Gasteiger partial charge in [-0.05, 0) is 49.7 Å². The number of alkyl halides is 3. The van der Waals surface area contributed by atoms with Crippen molar-refractivity contribution in [3.05, 3.63) is 63.3 Å². The van der Waals surface area contributed by atoms with Crippen LogP contribution in [0, 0.1) is 6.92 Å². The number of rotatable bonds is 4. The summed E-state index contributed by atoms with van der Waals surface area (Å²) >= 11 is 1.15. The molecule has 0 aliphatic carbocycles. The van der Waals surface area contributed by atoms with E-state index >= 15 is 0 Å². The molecule has 152 valence electrons. The Morgan fingerprint density at radius 1 is 1.21 bits per heavy atom. The van der Waals surface area contributed by atoms with E-state index in [1.54, 1.807) is 19.1 Å². The lowest BCUT2D eigenvalue weighted by Gasteiger charge is -2.18. The Labute approximate surface area is 167 Å². The smallest absolute Gasteiger partial charge is 0.433 e. The fraction of sp³-hybridized carbons (Fsp3) is 0.263. The minimum absolute atomic E-state index is 0.00732. The highest BCUT2D eigenvalue weighted by Crippen LogP contribution is 2.41.